The van der Waals surface area contributed by atoms with E-state index in [9.17, 15) is 28.5 Å². The molecule has 3 aliphatic heterocycles. The van der Waals surface area contributed by atoms with Gasteiger partial charge in [0, 0.05) is 86.3 Å². The zero-order valence-electron chi connectivity index (χ0n) is 33.4. The fourth-order valence-corrected chi connectivity index (χ4v) is 11.5. The maximum absolute atomic E-state index is 16.3. The number of rotatable bonds is 20. The minimum Gasteiger partial charge on any atom is -0.384 e. The van der Waals surface area contributed by atoms with Gasteiger partial charge in [0.1, 0.15) is 12.1 Å². The van der Waals surface area contributed by atoms with Gasteiger partial charge < -0.3 is 33.6 Å². The highest BCUT2D eigenvalue weighted by Crippen LogP contribution is 2.67. The summed E-state index contributed by atoms with van der Waals surface area (Å²) in [5.41, 5.74) is -3.78. The summed E-state index contributed by atoms with van der Waals surface area (Å²) in [6, 6.07) is 7.30. The molecule has 2 aromatic heterocycles. The van der Waals surface area contributed by atoms with Crippen molar-refractivity contribution in [1.29, 1.82) is 0 Å². The van der Waals surface area contributed by atoms with E-state index in [4.69, 9.17) is 18.5 Å². The molecule has 0 spiro atoms. The van der Waals surface area contributed by atoms with E-state index >= 15 is 8.78 Å². The lowest BCUT2D eigenvalue weighted by Crippen LogP contribution is -2.58. The molecular formula is C40H49F2N4O10PS3. The van der Waals surface area contributed by atoms with Gasteiger partial charge in [-0.05, 0) is 67.3 Å². The molecule has 1 unspecified atom stereocenters. The Labute approximate surface area is 359 Å². The normalized spacial score (nSPS) is 19.9. The number of methoxy groups -OCH3 is 2. The highest BCUT2D eigenvalue weighted by atomic mass is 32.2. The van der Waals surface area contributed by atoms with Gasteiger partial charge in [0.05, 0.1) is 31.3 Å². The maximum Gasteiger partial charge on any atom is 0.404 e. The van der Waals surface area contributed by atoms with E-state index < -0.39 is 50.0 Å². The van der Waals surface area contributed by atoms with E-state index in [0.717, 1.165) is 52.6 Å². The second-order valence-corrected chi connectivity index (χ2v) is 20.1. The Balaban J connectivity index is 1.11. The van der Waals surface area contributed by atoms with Crippen LogP contribution in [0, 0.1) is 0 Å². The summed E-state index contributed by atoms with van der Waals surface area (Å²) >= 11 is 2.71. The molecule has 0 aliphatic carbocycles. The third kappa shape index (κ3) is 11.0. The van der Waals surface area contributed by atoms with Crippen molar-refractivity contribution in [3.63, 3.8) is 0 Å². The number of hydrogen-bond donors (Lipinski definition) is 1. The average Bonchev–Trinajstić information content (AvgIpc) is 3.82. The molecule has 14 nitrogen and oxygen atoms in total. The van der Waals surface area contributed by atoms with Crippen LogP contribution in [0.5, 0.6) is 0 Å². The zero-order chi connectivity index (χ0) is 42.9. The van der Waals surface area contributed by atoms with Crippen LogP contribution in [0.15, 0.2) is 48.8 Å². The van der Waals surface area contributed by atoms with Crippen LogP contribution < -0.4 is 5.32 Å². The van der Waals surface area contributed by atoms with Crippen molar-refractivity contribution in [2.24, 2.45) is 0 Å². The van der Waals surface area contributed by atoms with Gasteiger partial charge in [0.25, 0.3) is 5.91 Å². The molecule has 0 bridgehead atoms. The van der Waals surface area contributed by atoms with Crippen LogP contribution in [-0.2, 0) is 47.9 Å². The summed E-state index contributed by atoms with van der Waals surface area (Å²) in [5.74, 6) is -0.891. The number of ether oxygens (including phenoxy) is 2. The number of halogens is 2. The molecule has 3 amide bonds. The standard InChI is InChI=1S/C40H49F2N4O10PS3/c1-53-15-12-35(47)58-19-17-55-57(52,56-18-20-59-36(48)13-16-54-2)40(41,42)29-8-11-33-27(21-29)22-34(60-33)37(49)44-31-7-3-6-30-9-10-32(46(30)38(31)50)39(51)45-24-28(25-45)26-5-4-14-43-23-26/h4-5,8,11,14,21-23,28,30-32H,3,6-7,9-10,12-13,15-20,24-25H2,1-2H3,(H,44,49)/t30-,31?,32-/m0/s1. The first-order valence-electron chi connectivity index (χ1n) is 19.8. The number of benzene rings is 1. The van der Waals surface area contributed by atoms with E-state index in [1.807, 2.05) is 12.1 Å². The summed E-state index contributed by atoms with van der Waals surface area (Å²) in [6.45, 7) is 0.516. The van der Waals surface area contributed by atoms with Crippen molar-refractivity contribution < 1.29 is 55.8 Å². The van der Waals surface area contributed by atoms with Crippen molar-refractivity contribution in [3.8, 4) is 0 Å². The van der Waals surface area contributed by atoms with Crippen LogP contribution in [0.2, 0.25) is 0 Å². The molecule has 3 aliphatic rings. The van der Waals surface area contributed by atoms with Gasteiger partial charge in [-0.2, -0.15) is 8.78 Å². The second-order valence-electron chi connectivity index (χ2n) is 14.7. The smallest absolute Gasteiger partial charge is 0.384 e. The zero-order valence-corrected chi connectivity index (χ0v) is 36.7. The number of nitrogens with zero attached hydrogens (tertiary/aromatic N) is 3. The number of pyridine rings is 1. The molecule has 3 saturated heterocycles. The highest BCUT2D eigenvalue weighted by molar-refractivity contribution is 8.13. The predicted molar refractivity (Wildman–Crippen MR) is 225 cm³/mol. The van der Waals surface area contributed by atoms with Gasteiger partial charge in [-0.25, -0.2) is 0 Å². The minimum absolute atomic E-state index is 0.0666. The summed E-state index contributed by atoms with van der Waals surface area (Å²) in [4.78, 5) is 73.3. The monoisotopic (exact) mass is 910 g/mol. The van der Waals surface area contributed by atoms with Crippen molar-refractivity contribution in [1.82, 2.24) is 20.1 Å². The van der Waals surface area contributed by atoms with Crippen LogP contribution in [0.3, 0.4) is 0 Å². The SMILES string of the molecule is COCCC(=O)SCCOP(=O)(OCCSC(=O)CCOC)C(F)(F)c1ccc2sc(C(=O)NC3CCC[C@H]4CC[C@@H](C(=O)N5CC(c6cccnc6)C5)N4C3=O)cc2c1. The largest absolute Gasteiger partial charge is 0.404 e. The van der Waals surface area contributed by atoms with E-state index in [-0.39, 0.29) is 81.8 Å². The molecule has 0 saturated carbocycles. The first-order chi connectivity index (χ1) is 28.8. The topological polar surface area (TPSA) is 171 Å². The number of alkyl halides is 2. The molecule has 20 heteroatoms. The molecule has 1 N–H and O–H groups in total. The molecule has 3 fully saturated rings. The number of carbonyl (C=O) groups excluding carboxylic acids is 5. The lowest BCUT2D eigenvalue weighted by molar-refractivity contribution is -0.148. The van der Waals surface area contributed by atoms with E-state index in [1.54, 1.807) is 22.2 Å². The molecule has 3 aromatic rings. The molecule has 0 radical (unpaired) electrons. The number of aromatic nitrogens is 1. The fraction of sp³-hybridized carbons (Fsp3) is 0.550. The number of likely N-dealkylation sites (tertiary alicyclic amines) is 1. The second kappa shape index (κ2) is 21.2. The Morgan fingerprint density at radius 1 is 0.933 bits per heavy atom. The lowest BCUT2D eigenvalue weighted by atomic mass is 9.92. The van der Waals surface area contributed by atoms with E-state index in [1.165, 1.54) is 26.4 Å². The van der Waals surface area contributed by atoms with Crippen LogP contribution in [0.25, 0.3) is 10.1 Å². The lowest BCUT2D eigenvalue weighted by Gasteiger charge is -2.42. The number of hydrogen-bond acceptors (Lipinski definition) is 14. The predicted octanol–water partition coefficient (Wildman–Crippen LogP) is 6.43. The van der Waals surface area contributed by atoms with E-state index in [2.05, 4.69) is 10.3 Å². The summed E-state index contributed by atoms with van der Waals surface area (Å²) in [7, 11) is -2.37. The number of thiophene rings is 1. The molecular weight excluding hydrogens is 862 g/mol. The van der Waals surface area contributed by atoms with Crippen LogP contribution in [0.4, 0.5) is 8.78 Å². The molecule has 6 rings (SSSR count). The highest BCUT2D eigenvalue weighted by Gasteiger charge is 2.55. The van der Waals surface area contributed by atoms with Gasteiger partial charge >= 0.3 is 13.3 Å². The Kier molecular flexibility index (Phi) is 16.3. The van der Waals surface area contributed by atoms with Crippen molar-refractivity contribution in [2.75, 3.05) is 65.2 Å². The Morgan fingerprint density at radius 2 is 1.62 bits per heavy atom. The van der Waals surface area contributed by atoms with Crippen molar-refractivity contribution in [2.45, 2.75) is 74.7 Å². The van der Waals surface area contributed by atoms with Crippen molar-refractivity contribution in [3.05, 3.63) is 64.8 Å². The maximum atomic E-state index is 16.3. The number of amides is 3. The first-order valence-corrected chi connectivity index (χ1v) is 24.1. The van der Waals surface area contributed by atoms with Gasteiger partial charge in [0.15, 0.2) is 10.2 Å². The Hall–Kier alpha value is -3.29. The average molecular weight is 911 g/mol. The summed E-state index contributed by atoms with van der Waals surface area (Å²) < 4.78 is 67.4. The molecule has 3 atom stereocenters. The van der Waals surface area contributed by atoms with Gasteiger partial charge in [-0.15, -0.1) is 11.3 Å². The molecule has 5 heterocycles. The van der Waals surface area contributed by atoms with Gasteiger partial charge in [-0.3, -0.25) is 33.5 Å². The third-order valence-electron chi connectivity index (χ3n) is 10.7. The molecule has 60 heavy (non-hydrogen) atoms. The van der Waals surface area contributed by atoms with Crippen molar-refractivity contribution >= 4 is 80.5 Å². The number of nitrogens with one attached hydrogen (secondary N) is 1. The quantitative estimate of drug-likeness (QED) is 0.0973. The number of fused-ring (bicyclic) bond motifs is 2. The first kappa shape index (κ1) is 46.2. The number of thioether (sulfide) groups is 2. The number of carbonyl (C=O) groups is 5. The summed E-state index contributed by atoms with van der Waals surface area (Å²) in [6.07, 6.45) is 6.75. The van der Waals surface area contributed by atoms with Gasteiger partial charge in [-0.1, -0.05) is 35.7 Å². The molecule has 326 valence electrons. The Bertz CT molecular complexity index is 2030. The van der Waals surface area contributed by atoms with Gasteiger partial charge in [0.2, 0.25) is 11.8 Å². The van der Waals surface area contributed by atoms with E-state index in [0.29, 0.717) is 49.9 Å². The minimum atomic E-state index is -5.25. The Morgan fingerprint density at radius 3 is 2.25 bits per heavy atom. The van der Waals surface area contributed by atoms with Crippen LogP contribution in [0.1, 0.15) is 71.7 Å². The fourth-order valence-electron chi connectivity index (χ4n) is 7.51. The van der Waals surface area contributed by atoms with Crippen LogP contribution in [-0.4, -0.2) is 126 Å². The van der Waals surface area contributed by atoms with Crippen LogP contribution >= 0.6 is 42.5 Å². The molecule has 1 aromatic carbocycles. The third-order valence-corrected chi connectivity index (χ3v) is 15.6. The summed E-state index contributed by atoms with van der Waals surface area (Å²) in [5, 5.41) is 2.62.